The zero-order valence-corrected chi connectivity index (χ0v) is 16.9. The lowest BCUT2D eigenvalue weighted by Gasteiger charge is -2.19. The van der Waals surface area contributed by atoms with Crippen LogP contribution in [0.3, 0.4) is 0 Å². The molecule has 1 fully saturated rings. The first kappa shape index (κ1) is 20.1. The van der Waals surface area contributed by atoms with Gasteiger partial charge >= 0.3 is 0 Å². The Labute approximate surface area is 163 Å². The minimum Gasteiger partial charge on any atom is -0.457 e. The summed E-state index contributed by atoms with van der Waals surface area (Å²) in [6.45, 7) is 3.37. The Morgan fingerprint density at radius 1 is 1.30 bits per heavy atom. The number of likely N-dealkylation sites (tertiary alicyclic amines) is 1. The smallest absolute Gasteiger partial charge is 0.238 e. The van der Waals surface area contributed by atoms with Crippen LogP contribution < -0.4 is 9.88 Å². The van der Waals surface area contributed by atoms with E-state index in [1.54, 1.807) is 17.8 Å². The quantitative estimate of drug-likeness (QED) is 0.735. The van der Waals surface area contributed by atoms with Gasteiger partial charge in [0.15, 0.2) is 0 Å². The maximum Gasteiger partial charge on any atom is 0.238 e. The summed E-state index contributed by atoms with van der Waals surface area (Å²) in [6.07, 6.45) is 1.65. The van der Waals surface area contributed by atoms with Crippen LogP contribution in [0.2, 0.25) is 0 Å². The van der Waals surface area contributed by atoms with Crippen molar-refractivity contribution in [1.82, 2.24) is 4.90 Å². The lowest BCUT2D eigenvalue weighted by atomic mass is 10.2. The van der Waals surface area contributed by atoms with E-state index in [-0.39, 0.29) is 4.90 Å². The molecule has 2 aromatic carbocycles. The Bertz CT molecular complexity index is 935. The van der Waals surface area contributed by atoms with Crippen molar-refractivity contribution in [3.05, 3.63) is 47.5 Å². The molecule has 0 amide bonds. The molecule has 8 heteroatoms. The van der Waals surface area contributed by atoms with Crippen LogP contribution in [-0.2, 0) is 16.6 Å². The summed E-state index contributed by atoms with van der Waals surface area (Å²) in [6, 6.07) is 10.4. The van der Waals surface area contributed by atoms with E-state index in [9.17, 15) is 12.8 Å². The minimum atomic E-state index is -3.83. The Morgan fingerprint density at radius 3 is 2.67 bits per heavy atom. The van der Waals surface area contributed by atoms with Crippen molar-refractivity contribution in [2.24, 2.45) is 5.14 Å². The van der Waals surface area contributed by atoms with Crippen molar-refractivity contribution in [3.63, 3.8) is 0 Å². The molecule has 0 spiro atoms. The van der Waals surface area contributed by atoms with Crippen LogP contribution in [0.15, 0.2) is 46.2 Å². The largest absolute Gasteiger partial charge is 0.457 e. The predicted octanol–water partition coefficient (Wildman–Crippen LogP) is 3.70. The summed E-state index contributed by atoms with van der Waals surface area (Å²) in [5.41, 5.74) is 1.77. The van der Waals surface area contributed by atoms with Gasteiger partial charge in [-0.3, -0.25) is 4.90 Å². The Balaban J connectivity index is 1.91. The Kier molecular flexibility index (Phi) is 6.10. The number of thioether (sulfide) groups is 1. The van der Waals surface area contributed by atoms with Gasteiger partial charge in [0.1, 0.15) is 17.7 Å². The third-order valence-corrected chi connectivity index (χ3v) is 6.37. The maximum atomic E-state index is 13.5. The molecule has 0 unspecified atom stereocenters. The van der Waals surface area contributed by atoms with Crippen LogP contribution in [0.25, 0.3) is 0 Å². The van der Waals surface area contributed by atoms with Gasteiger partial charge in [-0.15, -0.1) is 11.8 Å². The van der Waals surface area contributed by atoms with Gasteiger partial charge in [-0.05, 0) is 61.6 Å². The van der Waals surface area contributed by atoms with Gasteiger partial charge in [0.05, 0.1) is 4.90 Å². The lowest BCUT2D eigenvalue weighted by molar-refractivity contribution is 0.279. The van der Waals surface area contributed by atoms with Gasteiger partial charge in [-0.1, -0.05) is 0 Å². The van der Waals surface area contributed by atoms with Crippen molar-refractivity contribution in [3.8, 4) is 11.5 Å². The first-order valence-corrected chi connectivity index (χ1v) is 11.4. The SMILES string of the molecule is CSc1ccc(Oc2ccc(S(N)(=O)=O)cc2CN2CC[C@@H](F)C2)cc1C. The molecule has 0 aliphatic carbocycles. The number of halogens is 1. The third-order valence-electron chi connectivity index (χ3n) is 4.56. The molecule has 1 saturated heterocycles. The fourth-order valence-electron chi connectivity index (χ4n) is 3.17. The molecule has 1 aliphatic rings. The van der Waals surface area contributed by atoms with Crippen molar-refractivity contribution in [2.45, 2.75) is 35.9 Å². The molecule has 5 nitrogen and oxygen atoms in total. The zero-order chi connectivity index (χ0) is 19.6. The fraction of sp³-hybridized carbons (Fsp3) is 0.368. The standard InChI is InChI=1S/C19H23FN2O3S2/c1-13-9-16(3-6-19(13)26-2)25-18-5-4-17(27(21,23)24)10-14(18)11-22-8-7-15(20)12-22/h3-6,9-10,15H,7-8,11-12H2,1-2H3,(H2,21,23,24)/t15-/m1/s1. The van der Waals surface area contributed by atoms with Gasteiger partial charge in [0, 0.05) is 30.1 Å². The number of hydrogen-bond donors (Lipinski definition) is 1. The number of primary sulfonamides is 1. The molecule has 146 valence electrons. The van der Waals surface area contributed by atoms with E-state index in [1.165, 1.54) is 17.0 Å². The molecule has 27 heavy (non-hydrogen) atoms. The number of alkyl halides is 1. The van der Waals surface area contributed by atoms with Crippen LogP contribution >= 0.6 is 11.8 Å². The molecule has 1 heterocycles. The van der Waals surface area contributed by atoms with Crippen molar-refractivity contribution in [1.29, 1.82) is 0 Å². The number of benzene rings is 2. The molecule has 0 saturated carbocycles. The summed E-state index contributed by atoms with van der Waals surface area (Å²) in [5, 5.41) is 5.27. The van der Waals surface area contributed by atoms with E-state index in [0.29, 0.717) is 43.1 Å². The normalized spacial score (nSPS) is 18.0. The highest BCUT2D eigenvalue weighted by Gasteiger charge is 2.23. The van der Waals surface area contributed by atoms with Gasteiger partial charge in [0.2, 0.25) is 10.0 Å². The summed E-state index contributed by atoms with van der Waals surface area (Å²) in [5.74, 6) is 1.21. The number of aryl methyl sites for hydroxylation is 1. The number of hydrogen-bond acceptors (Lipinski definition) is 5. The van der Waals surface area contributed by atoms with E-state index in [2.05, 4.69) is 0 Å². The highest BCUT2D eigenvalue weighted by Crippen LogP contribution is 2.32. The monoisotopic (exact) mass is 410 g/mol. The second-order valence-corrected chi connectivity index (χ2v) is 9.08. The first-order valence-electron chi connectivity index (χ1n) is 8.61. The number of ether oxygens (including phenoxy) is 1. The molecule has 2 N–H and O–H groups in total. The average Bonchev–Trinajstić information content (AvgIpc) is 3.00. The van der Waals surface area contributed by atoms with Gasteiger partial charge in [-0.2, -0.15) is 0 Å². The van der Waals surface area contributed by atoms with E-state index < -0.39 is 16.2 Å². The van der Waals surface area contributed by atoms with Gasteiger partial charge in [-0.25, -0.2) is 17.9 Å². The molecule has 2 aromatic rings. The van der Waals surface area contributed by atoms with Crippen molar-refractivity contribution in [2.75, 3.05) is 19.3 Å². The third kappa shape index (κ3) is 5.01. The topological polar surface area (TPSA) is 72.6 Å². The van der Waals surface area contributed by atoms with Crippen molar-refractivity contribution < 1.29 is 17.5 Å². The summed E-state index contributed by atoms with van der Waals surface area (Å²) < 4.78 is 43.0. The Hall–Kier alpha value is -1.61. The fourth-order valence-corrected chi connectivity index (χ4v) is 4.32. The van der Waals surface area contributed by atoms with Crippen LogP contribution in [-0.4, -0.2) is 38.8 Å². The minimum absolute atomic E-state index is 0.0229. The molecule has 1 aliphatic heterocycles. The summed E-state index contributed by atoms with van der Waals surface area (Å²) in [7, 11) is -3.83. The molecule has 1 atom stereocenters. The number of nitrogens with two attached hydrogens (primary N) is 1. The molecule has 3 rings (SSSR count). The van der Waals surface area contributed by atoms with Crippen LogP contribution in [0.1, 0.15) is 17.5 Å². The maximum absolute atomic E-state index is 13.5. The number of rotatable bonds is 6. The first-order chi connectivity index (χ1) is 12.8. The van der Waals surface area contributed by atoms with E-state index in [0.717, 1.165) is 5.56 Å². The summed E-state index contributed by atoms with van der Waals surface area (Å²) in [4.78, 5) is 3.13. The van der Waals surface area contributed by atoms with E-state index in [1.807, 2.05) is 36.3 Å². The van der Waals surface area contributed by atoms with E-state index >= 15 is 0 Å². The molecule has 0 aromatic heterocycles. The molecule has 0 bridgehead atoms. The molecule has 0 radical (unpaired) electrons. The Morgan fingerprint density at radius 2 is 2.07 bits per heavy atom. The van der Waals surface area contributed by atoms with Gasteiger partial charge < -0.3 is 4.74 Å². The second-order valence-electron chi connectivity index (χ2n) is 6.67. The molecular weight excluding hydrogens is 387 g/mol. The summed E-state index contributed by atoms with van der Waals surface area (Å²) >= 11 is 1.66. The van der Waals surface area contributed by atoms with Crippen LogP contribution in [0.5, 0.6) is 11.5 Å². The highest BCUT2D eigenvalue weighted by atomic mass is 32.2. The molecular formula is C19H23FN2O3S2. The zero-order valence-electron chi connectivity index (χ0n) is 15.3. The predicted molar refractivity (Wildman–Crippen MR) is 106 cm³/mol. The van der Waals surface area contributed by atoms with E-state index in [4.69, 9.17) is 9.88 Å². The van der Waals surface area contributed by atoms with Gasteiger partial charge in [0.25, 0.3) is 0 Å². The number of sulfonamides is 1. The average molecular weight is 411 g/mol. The number of nitrogens with zero attached hydrogens (tertiary/aromatic N) is 1. The van der Waals surface area contributed by atoms with Crippen molar-refractivity contribution >= 4 is 21.8 Å². The highest BCUT2D eigenvalue weighted by molar-refractivity contribution is 7.98. The second kappa shape index (κ2) is 8.18. The van der Waals surface area contributed by atoms with Crippen LogP contribution in [0, 0.1) is 6.92 Å². The van der Waals surface area contributed by atoms with Crippen LogP contribution in [0.4, 0.5) is 4.39 Å². The lowest BCUT2D eigenvalue weighted by Crippen LogP contribution is -2.21.